The number of nitrogens with zero attached hydrogens (tertiary/aromatic N) is 3. The Hall–Kier alpha value is -5.93. The molecule has 0 unspecified atom stereocenters. The van der Waals surface area contributed by atoms with Crippen LogP contribution in [0.2, 0.25) is 0 Å². The Balaban J connectivity index is 1.28. The monoisotopic (exact) mass is 603 g/mol. The van der Waals surface area contributed by atoms with Crippen LogP contribution in [0.3, 0.4) is 0 Å². The Labute approximate surface area is 275 Å². The molecule has 0 saturated heterocycles. The highest BCUT2D eigenvalue weighted by Gasteiger charge is 2.35. The van der Waals surface area contributed by atoms with Crippen molar-refractivity contribution in [2.24, 2.45) is 0 Å². The number of anilines is 3. The van der Waals surface area contributed by atoms with Crippen LogP contribution >= 0.6 is 0 Å². The van der Waals surface area contributed by atoms with Gasteiger partial charge in [0.15, 0.2) is 0 Å². The minimum Gasteiger partial charge on any atom is -0.310 e. The molecule has 2 aromatic heterocycles. The lowest BCUT2D eigenvalue weighted by atomic mass is 9.82. The lowest BCUT2D eigenvalue weighted by Crippen LogP contribution is -2.16. The number of benzene rings is 6. The maximum atomic E-state index is 4.25. The Morgan fingerprint density at radius 1 is 0.489 bits per heavy atom. The average molecular weight is 604 g/mol. The van der Waals surface area contributed by atoms with Gasteiger partial charge < -0.3 is 9.47 Å². The third-order valence-electron chi connectivity index (χ3n) is 9.87. The molecule has 0 spiro atoms. The molecule has 0 aliphatic heterocycles. The first-order chi connectivity index (χ1) is 23.1. The zero-order valence-electron chi connectivity index (χ0n) is 26.4. The van der Waals surface area contributed by atoms with Gasteiger partial charge in [0, 0.05) is 51.3 Å². The molecule has 0 atom stereocenters. The number of fused-ring (bicyclic) bond motifs is 6. The van der Waals surface area contributed by atoms with Gasteiger partial charge in [0.2, 0.25) is 0 Å². The molecule has 9 rings (SSSR count). The molecule has 6 aromatic carbocycles. The summed E-state index contributed by atoms with van der Waals surface area (Å²) in [5, 5.41) is 2.47. The van der Waals surface area contributed by atoms with E-state index in [1.54, 1.807) is 0 Å². The van der Waals surface area contributed by atoms with E-state index >= 15 is 0 Å². The predicted molar refractivity (Wildman–Crippen MR) is 196 cm³/mol. The predicted octanol–water partition coefficient (Wildman–Crippen LogP) is 11.6. The van der Waals surface area contributed by atoms with Crippen molar-refractivity contribution in [3.8, 4) is 27.9 Å². The molecule has 0 fully saturated rings. The number of aromatic nitrogens is 2. The van der Waals surface area contributed by atoms with Gasteiger partial charge in [-0.15, -0.1) is 0 Å². The van der Waals surface area contributed by atoms with Gasteiger partial charge in [-0.3, -0.25) is 4.98 Å². The van der Waals surface area contributed by atoms with Gasteiger partial charge >= 0.3 is 0 Å². The van der Waals surface area contributed by atoms with Crippen LogP contribution in [-0.2, 0) is 5.41 Å². The molecule has 0 amide bonds. The van der Waals surface area contributed by atoms with Gasteiger partial charge in [-0.1, -0.05) is 92.7 Å². The molecule has 3 nitrogen and oxygen atoms in total. The molecule has 0 radical (unpaired) electrons. The molecular formula is C44H33N3. The number of hydrogen-bond donors (Lipinski definition) is 0. The van der Waals surface area contributed by atoms with E-state index in [1.807, 2.05) is 12.4 Å². The summed E-state index contributed by atoms with van der Waals surface area (Å²) in [6.45, 7) is 4.70. The Morgan fingerprint density at radius 2 is 1.17 bits per heavy atom. The van der Waals surface area contributed by atoms with Crippen molar-refractivity contribution in [1.29, 1.82) is 0 Å². The van der Waals surface area contributed by atoms with Crippen LogP contribution in [0, 0.1) is 0 Å². The molecule has 2 heterocycles. The van der Waals surface area contributed by atoms with Gasteiger partial charge in [0.1, 0.15) is 0 Å². The molecule has 224 valence electrons. The Kier molecular flexibility index (Phi) is 6.16. The third kappa shape index (κ3) is 4.31. The van der Waals surface area contributed by atoms with Gasteiger partial charge in [-0.05, 0) is 106 Å². The molecule has 47 heavy (non-hydrogen) atoms. The summed E-state index contributed by atoms with van der Waals surface area (Å²) >= 11 is 0. The maximum absolute atomic E-state index is 4.25. The van der Waals surface area contributed by atoms with Gasteiger partial charge in [0.25, 0.3) is 0 Å². The van der Waals surface area contributed by atoms with Crippen LogP contribution in [0.4, 0.5) is 17.1 Å². The zero-order chi connectivity index (χ0) is 31.5. The van der Waals surface area contributed by atoms with Crippen molar-refractivity contribution < 1.29 is 0 Å². The smallest absolute Gasteiger partial charge is 0.0542 e. The molecule has 8 aromatic rings. The van der Waals surface area contributed by atoms with E-state index in [0.29, 0.717) is 0 Å². The number of para-hydroxylation sites is 2. The third-order valence-corrected chi connectivity index (χ3v) is 9.87. The molecule has 0 saturated carbocycles. The second-order valence-corrected chi connectivity index (χ2v) is 12.9. The maximum Gasteiger partial charge on any atom is 0.0542 e. The lowest BCUT2D eigenvalue weighted by molar-refractivity contribution is 0.660. The normalized spacial score (nSPS) is 13.1. The van der Waals surface area contributed by atoms with Crippen molar-refractivity contribution in [3.05, 3.63) is 175 Å². The van der Waals surface area contributed by atoms with E-state index in [-0.39, 0.29) is 5.41 Å². The molecule has 1 aliphatic carbocycles. The topological polar surface area (TPSA) is 21.1 Å². The van der Waals surface area contributed by atoms with Crippen LogP contribution in [0.5, 0.6) is 0 Å². The van der Waals surface area contributed by atoms with Crippen molar-refractivity contribution in [2.75, 3.05) is 4.90 Å². The van der Waals surface area contributed by atoms with E-state index in [0.717, 1.165) is 33.9 Å². The fraction of sp³-hybridized carbons (Fsp3) is 0.0682. The minimum absolute atomic E-state index is 0.0977. The van der Waals surface area contributed by atoms with Gasteiger partial charge in [-0.2, -0.15) is 0 Å². The summed E-state index contributed by atoms with van der Waals surface area (Å²) in [6, 6.07) is 55.1. The van der Waals surface area contributed by atoms with Gasteiger partial charge in [0.05, 0.1) is 11.0 Å². The van der Waals surface area contributed by atoms with Gasteiger partial charge in [-0.25, -0.2) is 0 Å². The molecule has 0 N–H and O–H groups in total. The Bertz CT molecular complexity index is 2440. The zero-order valence-corrected chi connectivity index (χ0v) is 26.4. The lowest BCUT2D eigenvalue weighted by Gasteiger charge is -2.28. The highest BCUT2D eigenvalue weighted by molar-refractivity contribution is 6.10. The number of rotatable bonds is 5. The number of pyridine rings is 1. The summed E-state index contributed by atoms with van der Waals surface area (Å²) in [7, 11) is 0. The largest absolute Gasteiger partial charge is 0.310 e. The van der Waals surface area contributed by atoms with Crippen molar-refractivity contribution >= 4 is 38.9 Å². The van der Waals surface area contributed by atoms with E-state index in [4.69, 9.17) is 0 Å². The molecular weight excluding hydrogens is 571 g/mol. The Morgan fingerprint density at radius 3 is 2.04 bits per heavy atom. The van der Waals surface area contributed by atoms with E-state index in [1.165, 1.54) is 44.1 Å². The first-order valence-electron chi connectivity index (χ1n) is 16.2. The fourth-order valence-corrected chi connectivity index (χ4v) is 7.60. The first-order valence-corrected chi connectivity index (χ1v) is 16.2. The van der Waals surface area contributed by atoms with Crippen LogP contribution in [0.15, 0.2) is 164 Å². The van der Waals surface area contributed by atoms with E-state index < -0.39 is 0 Å². The highest BCUT2D eigenvalue weighted by Crippen LogP contribution is 2.51. The van der Waals surface area contributed by atoms with Crippen molar-refractivity contribution in [2.45, 2.75) is 19.3 Å². The van der Waals surface area contributed by atoms with Crippen molar-refractivity contribution in [1.82, 2.24) is 9.55 Å². The highest BCUT2D eigenvalue weighted by atomic mass is 15.1. The van der Waals surface area contributed by atoms with Crippen LogP contribution in [0.25, 0.3) is 49.7 Å². The summed E-state index contributed by atoms with van der Waals surface area (Å²) in [5.41, 5.74) is 14.5. The van der Waals surface area contributed by atoms with Crippen LogP contribution in [0.1, 0.15) is 25.0 Å². The van der Waals surface area contributed by atoms with E-state index in [9.17, 15) is 0 Å². The SMILES string of the molecule is CC1(C)c2ccccc2-c2ccc(N(c3cccc(-c4ccncc4)c3)c3ccc4c(c3)c3ccccc3n4-c3ccccc3)cc21. The standard InChI is InChI=1S/C44H33N3/c1-44(2)40-17-8-6-15-36(40)37-21-19-35(29-41(37)44)46(33-14-10-11-31(27-33)30-23-25-45-26-24-30)34-20-22-43-39(28-34)38-16-7-9-18-42(38)47(43)32-12-4-3-5-13-32/h3-29H,1-2H3. The van der Waals surface area contributed by atoms with Crippen LogP contribution < -0.4 is 4.90 Å². The second kappa shape index (κ2) is 10.6. The van der Waals surface area contributed by atoms with E-state index in [2.05, 4.69) is 180 Å². The minimum atomic E-state index is -0.0977. The number of hydrogen-bond acceptors (Lipinski definition) is 2. The van der Waals surface area contributed by atoms with Crippen molar-refractivity contribution in [3.63, 3.8) is 0 Å². The first kappa shape index (κ1) is 27.4. The quantitative estimate of drug-likeness (QED) is 0.195. The average Bonchev–Trinajstić information content (AvgIpc) is 3.57. The molecule has 1 aliphatic rings. The van der Waals surface area contributed by atoms with Crippen LogP contribution in [-0.4, -0.2) is 9.55 Å². The summed E-state index contributed by atoms with van der Waals surface area (Å²) in [6.07, 6.45) is 3.72. The second-order valence-electron chi connectivity index (χ2n) is 12.9. The summed E-state index contributed by atoms with van der Waals surface area (Å²) in [5.74, 6) is 0. The summed E-state index contributed by atoms with van der Waals surface area (Å²) in [4.78, 5) is 6.67. The summed E-state index contributed by atoms with van der Waals surface area (Å²) < 4.78 is 2.37. The molecule has 0 bridgehead atoms. The molecule has 3 heteroatoms. The fourth-order valence-electron chi connectivity index (χ4n) is 7.60.